The molecular weight excluding hydrogens is 202 g/mol. The first-order chi connectivity index (χ1) is 7.60. The summed E-state index contributed by atoms with van der Waals surface area (Å²) in [6.07, 6.45) is 0.860. The van der Waals surface area contributed by atoms with Gasteiger partial charge in [-0.2, -0.15) is 0 Å². The van der Waals surface area contributed by atoms with Gasteiger partial charge in [-0.3, -0.25) is 0 Å². The molecule has 0 aromatic heterocycles. The summed E-state index contributed by atoms with van der Waals surface area (Å²) in [4.78, 5) is 10.3. The number of aldehydes is 1. The van der Waals surface area contributed by atoms with E-state index in [1.165, 1.54) is 0 Å². The van der Waals surface area contributed by atoms with Crippen LogP contribution in [0.5, 0.6) is 5.75 Å². The van der Waals surface area contributed by atoms with E-state index in [0.717, 1.165) is 28.8 Å². The van der Waals surface area contributed by atoms with Crippen molar-refractivity contribution in [1.82, 2.24) is 0 Å². The molecule has 0 aliphatic rings. The highest BCUT2D eigenvalue weighted by molar-refractivity contribution is 5.64. The van der Waals surface area contributed by atoms with Crippen molar-refractivity contribution in [3.63, 3.8) is 0 Å². The molecule has 1 N–H and O–H groups in total. The highest BCUT2D eigenvalue weighted by atomic mass is 16.5. The third-order valence-electron chi connectivity index (χ3n) is 2.57. The second-order valence-corrected chi connectivity index (χ2v) is 4.11. The Bertz CT molecular complexity index is 372. The average Bonchev–Trinajstić information content (AvgIpc) is 2.26. The standard InChI is InChI=1S/C13H19NO2/c1-9(2)11-8-12(14-5-6-15)10(3)7-13(11)16-4/h6-9,14H,5H2,1-4H3. The van der Waals surface area contributed by atoms with E-state index in [-0.39, 0.29) is 0 Å². The lowest BCUT2D eigenvalue weighted by atomic mass is 9.99. The van der Waals surface area contributed by atoms with Crippen LogP contribution in [0.1, 0.15) is 30.9 Å². The van der Waals surface area contributed by atoms with Crippen molar-refractivity contribution < 1.29 is 9.53 Å². The number of aryl methyl sites for hydroxylation is 1. The zero-order chi connectivity index (χ0) is 12.1. The third kappa shape index (κ3) is 2.75. The Morgan fingerprint density at radius 3 is 2.62 bits per heavy atom. The molecule has 1 aromatic carbocycles. The van der Waals surface area contributed by atoms with Crippen molar-refractivity contribution in [2.75, 3.05) is 19.0 Å². The van der Waals surface area contributed by atoms with E-state index >= 15 is 0 Å². The van der Waals surface area contributed by atoms with Crippen molar-refractivity contribution in [3.8, 4) is 5.75 Å². The van der Waals surface area contributed by atoms with Crippen LogP contribution in [-0.4, -0.2) is 19.9 Å². The average molecular weight is 221 g/mol. The van der Waals surface area contributed by atoms with Gasteiger partial charge in [-0.1, -0.05) is 13.8 Å². The Labute approximate surface area is 96.8 Å². The van der Waals surface area contributed by atoms with Crippen LogP contribution >= 0.6 is 0 Å². The number of benzene rings is 1. The number of carbonyl (C=O) groups excluding carboxylic acids is 1. The van der Waals surface area contributed by atoms with Gasteiger partial charge < -0.3 is 14.8 Å². The van der Waals surface area contributed by atoms with E-state index in [1.54, 1.807) is 7.11 Å². The summed E-state index contributed by atoms with van der Waals surface area (Å²) >= 11 is 0. The number of ether oxygens (including phenoxy) is 1. The van der Waals surface area contributed by atoms with Gasteiger partial charge in [0, 0.05) is 5.69 Å². The second-order valence-electron chi connectivity index (χ2n) is 4.11. The first kappa shape index (κ1) is 12.6. The number of methoxy groups -OCH3 is 1. The van der Waals surface area contributed by atoms with Crippen LogP contribution in [0.15, 0.2) is 12.1 Å². The second kappa shape index (κ2) is 5.54. The summed E-state index contributed by atoms with van der Waals surface area (Å²) in [6, 6.07) is 4.06. The minimum atomic E-state index is 0.338. The summed E-state index contributed by atoms with van der Waals surface area (Å²) in [7, 11) is 1.68. The van der Waals surface area contributed by atoms with Gasteiger partial charge in [-0.15, -0.1) is 0 Å². The van der Waals surface area contributed by atoms with Crippen molar-refractivity contribution in [1.29, 1.82) is 0 Å². The number of carbonyl (C=O) groups is 1. The first-order valence-corrected chi connectivity index (χ1v) is 5.46. The van der Waals surface area contributed by atoms with Crippen LogP contribution in [-0.2, 0) is 4.79 Å². The predicted molar refractivity (Wildman–Crippen MR) is 66.4 cm³/mol. The van der Waals surface area contributed by atoms with Crippen molar-refractivity contribution in [2.45, 2.75) is 26.7 Å². The van der Waals surface area contributed by atoms with E-state index in [0.29, 0.717) is 12.5 Å². The summed E-state index contributed by atoms with van der Waals surface area (Å²) in [5, 5.41) is 3.09. The molecule has 3 heteroatoms. The number of rotatable bonds is 5. The highest BCUT2D eigenvalue weighted by Crippen LogP contribution is 2.31. The lowest BCUT2D eigenvalue weighted by Gasteiger charge is -2.16. The number of hydrogen-bond acceptors (Lipinski definition) is 3. The molecule has 0 atom stereocenters. The van der Waals surface area contributed by atoms with E-state index in [1.807, 2.05) is 13.0 Å². The van der Waals surface area contributed by atoms with E-state index in [4.69, 9.17) is 4.74 Å². The van der Waals surface area contributed by atoms with Gasteiger partial charge >= 0.3 is 0 Å². The minimum Gasteiger partial charge on any atom is -0.496 e. The lowest BCUT2D eigenvalue weighted by molar-refractivity contribution is -0.106. The fraction of sp³-hybridized carbons (Fsp3) is 0.462. The van der Waals surface area contributed by atoms with Crippen LogP contribution < -0.4 is 10.1 Å². The van der Waals surface area contributed by atoms with Crippen LogP contribution in [0.4, 0.5) is 5.69 Å². The monoisotopic (exact) mass is 221 g/mol. The first-order valence-electron chi connectivity index (χ1n) is 5.46. The molecule has 0 heterocycles. The molecule has 0 unspecified atom stereocenters. The fourth-order valence-electron chi connectivity index (χ4n) is 1.67. The maximum absolute atomic E-state index is 10.3. The number of nitrogens with one attached hydrogen (secondary N) is 1. The summed E-state index contributed by atoms with van der Waals surface area (Å²) in [5.41, 5.74) is 3.24. The molecule has 88 valence electrons. The van der Waals surface area contributed by atoms with Crippen LogP contribution in [0.25, 0.3) is 0 Å². The summed E-state index contributed by atoms with van der Waals surface area (Å²) in [6.45, 7) is 6.58. The highest BCUT2D eigenvalue weighted by Gasteiger charge is 2.10. The smallest absolute Gasteiger partial charge is 0.139 e. The van der Waals surface area contributed by atoms with Crippen LogP contribution in [0, 0.1) is 6.92 Å². The maximum Gasteiger partial charge on any atom is 0.139 e. The molecule has 0 spiro atoms. The molecule has 0 aliphatic carbocycles. The largest absolute Gasteiger partial charge is 0.496 e. The molecule has 0 amide bonds. The van der Waals surface area contributed by atoms with Gasteiger partial charge in [-0.05, 0) is 36.1 Å². The van der Waals surface area contributed by atoms with Gasteiger partial charge in [0.1, 0.15) is 12.0 Å². The summed E-state index contributed by atoms with van der Waals surface area (Å²) < 4.78 is 5.35. The van der Waals surface area contributed by atoms with Crippen molar-refractivity contribution >= 4 is 12.0 Å². The zero-order valence-electron chi connectivity index (χ0n) is 10.3. The van der Waals surface area contributed by atoms with Crippen molar-refractivity contribution in [2.24, 2.45) is 0 Å². The molecule has 0 saturated carbocycles. The van der Waals surface area contributed by atoms with Crippen LogP contribution in [0.2, 0.25) is 0 Å². The lowest BCUT2D eigenvalue weighted by Crippen LogP contribution is -2.05. The van der Waals surface area contributed by atoms with Gasteiger partial charge in [0.2, 0.25) is 0 Å². The molecule has 0 radical (unpaired) electrons. The minimum absolute atomic E-state index is 0.338. The molecule has 1 aromatic rings. The summed E-state index contributed by atoms with van der Waals surface area (Å²) in [5.74, 6) is 1.30. The Hall–Kier alpha value is -1.51. The Morgan fingerprint density at radius 2 is 2.12 bits per heavy atom. The number of anilines is 1. The van der Waals surface area contributed by atoms with Gasteiger partial charge in [-0.25, -0.2) is 0 Å². The molecule has 3 nitrogen and oxygen atoms in total. The zero-order valence-corrected chi connectivity index (χ0v) is 10.3. The van der Waals surface area contributed by atoms with Gasteiger partial charge in [0.25, 0.3) is 0 Å². The normalized spacial score (nSPS) is 10.3. The van der Waals surface area contributed by atoms with E-state index in [9.17, 15) is 4.79 Å². The molecule has 0 aliphatic heterocycles. The van der Waals surface area contributed by atoms with E-state index < -0.39 is 0 Å². The van der Waals surface area contributed by atoms with E-state index in [2.05, 4.69) is 25.2 Å². The predicted octanol–water partition coefficient (Wildman–Crippen LogP) is 2.74. The Morgan fingerprint density at radius 1 is 1.44 bits per heavy atom. The SMILES string of the molecule is COc1cc(C)c(NCC=O)cc1C(C)C. The molecule has 0 saturated heterocycles. The third-order valence-corrected chi connectivity index (χ3v) is 2.57. The molecule has 16 heavy (non-hydrogen) atoms. The molecule has 1 rings (SSSR count). The Kier molecular flexibility index (Phi) is 4.35. The fourth-order valence-corrected chi connectivity index (χ4v) is 1.67. The molecule has 0 fully saturated rings. The molecule has 0 bridgehead atoms. The van der Waals surface area contributed by atoms with Crippen LogP contribution in [0.3, 0.4) is 0 Å². The Balaban J connectivity index is 3.11. The van der Waals surface area contributed by atoms with Gasteiger partial charge in [0.15, 0.2) is 0 Å². The molecular formula is C13H19NO2. The number of hydrogen-bond donors (Lipinski definition) is 1. The van der Waals surface area contributed by atoms with Crippen molar-refractivity contribution in [3.05, 3.63) is 23.3 Å². The van der Waals surface area contributed by atoms with Gasteiger partial charge in [0.05, 0.1) is 13.7 Å². The topological polar surface area (TPSA) is 38.3 Å². The maximum atomic E-state index is 10.3. The quantitative estimate of drug-likeness (QED) is 0.777.